The average molecular weight is 222 g/mol. The Balaban J connectivity index is 2.02. The Morgan fingerprint density at radius 1 is 1.12 bits per heavy atom. The minimum atomic E-state index is 0.166. The van der Waals surface area contributed by atoms with E-state index in [0.717, 1.165) is 18.8 Å². The molecule has 1 fully saturated rings. The zero-order valence-electron chi connectivity index (χ0n) is 9.48. The highest BCUT2D eigenvalue weighted by molar-refractivity contribution is 5.37. The van der Waals surface area contributed by atoms with E-state index in [-0.39, 0.29) is 11.9 Å². The van der Waals surface area contributed by atoms with Crippen LogP contribution in [0.3, 0.4) is 0 Å². The highest BCUT2D eigenvalue weighted by Crippen LogP contribution is 2.25. The normalized spacial score (nSPS) is 25.3. The number of aromatic nitrogens is 3. The zero-order valence-corrected chi connectivity index (χ0v) is 9.48. The summed E-state index contributed by atoms with van der Waals surface area (Å²) < 4.78 is 0. The van der Waals surface area contributed by atoms with Gasteiger partial charge in [0.1, 0.15) is 0 Å². The van der Waals surface area contributed by atoms with Gasteiger partial charge in [-0.1, -0.05) is 19.8 Å². The number of hydrogen-bond acceptors (Lipinski definition) is 6. The number of anilines is 3. The molecule has 6 nitrogen and oxygen atoms in total. The van der Waals surface area contributed by atoms with Crippen molar-refractivity contribution in [1.29, 1.82) is 0 Å². The van der Waals surface area contributed by atoms with Crippen LogP contribution in [0, 0.1) is 5.92 Å². The smallest absolute Gasteiger partial charge is 0.229 e. The molecular weight excluding hydrogens is 204 g/mol. The van der Waals surface area contributed by atoms with Gasteiger partial charge < -0.3 is 16.8 Å². The lowest BCUT2D eigenvalue weighted by atomic mass is 9.87. The molecule has 5 N–H and O–H groups in total. The minimum Gasteiger partial charge on any atom is -0.368 e. The maximum Gasteiger partial charge on any atom is 0.229 e. The van der Waals surface area contributed by atoms with E-state index in [1.165, 1.54) is 12.8 Å². The molecule has 6 heteroatoms. The molecule has 1 aromatic rings. The van der Waals surface area contributed by atoms with E-state index < -0.39 is 0 Å². The van der Waals surface area contributed by atoms with Crippen molar-refractivity contribution in [2.45, 2.75) is 38.6 Å². The third kappa shape index (κ3) is 2.71. The largest absolute Gasteiger partial charge is 0.368 e. The van der Waals surface area contributed by atoms with E-state index in [2.05, 4.69) is 27.2 Å². The van der Waals surface area contributed by atoms with Gasteiger partial charge in [-0.05, 0) is 18.8 Å². The van der Waals surface area contributed by atoms with Gasteiger partial charge in [0.2, 0.25) is 17.8 Å². The van der Waals surface area contributed by atoms with Crippen molar-refractivity contribution in [3.63, 3.8) is 0 Å². The second kappa shape index (κ2) is 4.51. The molecule has 0 aliphatic heterocycles. The summed E-state index contributed by atoms with van der Waals surface area (Å²) in [4.78, 5) is 11.8. The number of nitrogens with one attached hydrogen (secondary N) is 1. The summed E-state index contributed by atoms with van der Waals surface area (Å²) in [6.07, 6.45) is 4.84. The molecule has 1 saturated carbocycles. The Morgan fingerprint density at radius 2 is 1.81 bits per heavy atom. The minimum absolute atomic E-state index is 0.166. The van der Waals surface area contributed by atoms with Gasteiger partial charge in [0, 0.05) is 6.04 Å². The summed E-state index contributed by atoms with van der Waals surface area (Å²) in [6, 6.07) is 0.421. The van der Waals surface area contributed by atoms with E-state index in [1.807, 2.05) is 0 Å². The Bertz CT molecular complexity index is 346. The predicted molar refractivity (Wildman–Crippen MR) is 63.7 cm³/mol. The number of hydrogen-bond donors (Lipinski definition) is 3. The molecule has 1 aromatic heterocycles. The molecule has 0 amide bonds. The van der Waals surface area contributed by atoms with Crippen LogP contribution in [0.25, 0.3) is 0 Å². The van der Waals surface area contributed by atoms with Crippen LogP contribution in [0.15, 0.2) is 0 Å². The number of nitrogens with two attached hydrogens (primary N) is 2. The Kier molecular flexibility index (Phi) is 3.07. The molecule has 16 heavy (non-hydrogen) atoms. The second-order valence-electron chi connectivity index (χ2n) is 4.49. The topological polar surface area (TPSA) is 103 Å². The fraction of sp³-hybridized carbons (Fsp3) is 0.700. The zero-order chi connectivity index (χ0) is 11.5. The predicted octanol–water partition coefficient (Wildman–Crippen LogP) is 1.03. The van der Waals surface area contributed by atoms with Crippen molar-refractivity contribution in [3.05, 3.63) is 0 Å². The Hall–Kier alpha value is -1.59. The van der Waals surface area contributed by atoms with Gasteiger partial charge in [-0.25, -0.2) is 0 Å². The Morgan fingerprint density at radius 3 is 2.44 bits per heavy atom. The first-order valence-electron chi connectivity index (χ1n) is 5.67. The van der Waals surface area contributed by atoms with Crippen LogP contribution in [0.1, 0.15) is 32.6 Å². The van der Waals surface area contributed by atoms with E-state index in [9.17, 15) is 0 Å². The molecule has 2 rings (SSSR count). The van der Waals surface area contributed by atoms with Gasteiger partial charge in [-0.3, -0.25) is 0 Å². The van der Waals surface area contributed by atoms with Gasteiger partial charge in [-0.2, -0.15) is 15.0 Å². The first kappa shape index (κ1) is 10.9. The average Bonchev–Trinajstić information content (AvgIpc) is 2.15. The molecule has 0 spiro atoms. The first-order valence-corrected chi connectivity index (χ1v) is 5.67. The van der Waals surface area contributed by atoms with Crippen LogP contribution >= 0.6 is 0 Å². The van der Waals surface area contributed by atoms with Crippen LogP contribution in [-0.4, -0.2) is 21.0 Å². The van der Waals surface area contributed by atoms with E-state index in [1.54, 1.807) is 0 Å². The summed E-state index contributed by atoms with van der Waals surface area (Å²) in [5, 5.41) is 3.27. The van der Waals surface area contributed by atoms with E-state index >= 15 is 0 Å². The lowest BCUT2D eigenvalue weighted by molar-refractivity contribution is 0.357. The Labute approximate surface area is 94.9 Å². The quantitative estimate of drug-likeness (QED) is 0.690. The third-order valence-electron chi connectivity index (χ3n) is 2.94. The molecule has 88 valence electrons. The standard InChI is InChI=1S/C10H18N6/c1-6-3-2-4-7(5-6)13-10-15-8(11)14-9(12)16-10/h6-7H,2-5H2,1H3,(H5,11,12,13,14,15,16). The molecule has 0 radical (unpaired) electrons. The molecule has 2 atom stereocenters. The van der Waals surface area contributed by atoms with Crippen LogP contribution in [0.2, 0.25) is 0 Å². The lowest BCUT2D eigenvalue weighted by Gasteiger charge is -2.27. The van der Waals surface area contributed by atoms with Gasteiger partial charge in [0.05, 0.1) is 0 Å². The van der Waals surface area contributed by atoms with E-state index in [4.69, 9.17) is 11.5 Å². The molecule has 0 saturated heterocycles. The number of nitrogen functional groups attached to an aromatic ring is 2. The van der Waals surface area contributed by atoms with E-state index in [0.29, 0.717) is 12.0 Å². The monoisotopic (exact) mass is 222 g/mol. The van der Waals surface area contributed by atoms with Crippen LogP contribution in [0.4, 0.5) is 17.8 Å². The van der Waals surface area contributed by atoms with Gasteiger partial charge in [-0.15, -0.1) is 0 Å². The summed E-state index contributed by atoms with van der Waals surface area (Å²) >= 11 is 0. The maximum atomic E-state index is 5.51. The summed E-state index contributed by atoms with van der Waals surface area (Å²) in [5.74, 6) is 1.57. The van der Waals surface area contributed by atoms with Crippen molar-refractivity contribution >= 4 is 17.8 Å². The summed E-state index contributed by atoms with van der Waals surface area (Å²) in [5.41, 5.74) is 11.0. The fourth-order valence-electron chi connectivity index (χ4n) is 2.22. The van der Waals surface area contributed by atoms with Crippen molar-refractivity contribution in [3.8, 4) is 0 Å². The van der Waals surface area contributed by atoms with Gasteiger partial charge >= 0.3 is 0 Å². The first-order chi connectivity index (χ1) is 7.63. The molecule has 0 aromatic carbocycles. The van der Waals surface area contributed by atoms with Crippen molar-refractivity contribution < 1.29 is 0 Å². The van der Waals surface area contributed by atoms with Gasteiger partial charge in [0.25, 0.3) is 0 Å². The SMILES string of the molecule is CC1CCCC(Nc2nc(N)nc(N)n2)C1. The van der Waals surface area contributed by atoms with Crippen LogP contribution in [0.5, 0.6) is 0 Å². The number of nitrogens with zero attached hydrogens (tertiary/aromatic N) is 3. The maximum absolute atomic E-state index is 5.51. The molecular formula is C10H18N6. The molecule has 1 heterocycles. The molecule has 1 aliphatic rings. The third-order valence-corrected chi connectivity index (χ3v) is 2.94. The van der Waals surface area contributed by atoms with Crippen LogP contribution in [-0.2, 0) is 0 Å². The summed E-state index contributed by atoms with van der Waals surface area (Å²) in [7, 11) is 0. The second-order valence-corrected chi connectivity index (χ2v) is 4.49. The summed E-state index contributed by atoms with van der Waals surface area (Å²) in [6.45, 7) is 2.27. The highest BCUT2D eigenvalue weighted by atomic mass is 15.2. The van der Waals surface area contributed by atoms with Crippen molar-refractivity contribution in [2.24, 2.45) is 5.92 Å². The van der Waals surface area contributed by atoms with Gasteiger partial charge in [0.15, 0.2) is 0 Å². The van der Waals surface area contributed by atoms with Crippen LogP contribution < -0.4 is 16.8 Å². The number of rotatable bonds is 2. The fourth-order valence-corrected chi connectivity index (χ4v) is 2.22. The highest BCUT2D eigenvalue weighted by Gasteiger charge is 2.19. The van der Waals surface area contributed by atoms with Crippen molar-refractivity contribution in [2.75, 3.05) is 16.8 Å². The molecule has 2 unspecified atom stereocenters. The lowest BCUT2D eigenvalue weighted by Crippen LogP contribution is -2.27. The van der Waals surface area contributed by atoms with Crippen molar-refractivity contribution in [1.82, 2.24) is 15.0 Å². The molecule has 0 bridgehead atoms. The molecule has 1 aliphatic carbocycles.